The van der Waals surface area contributed by atoms with Crippen molar-refractivity contribution >= 4 is 11.5 Å². The zero-order valence-electron chi connectivity index (χ0n) is 12.7. The van der Waals surface area contributed by atoms with Gasteiger partial charge in [-0.1, -0.05) is 0 Å². The summed E-state index contributed by atoms with van der Waals surface area (Å²) in [6.45, 7) is 4.76. The van der Waals surface area contributed by atoms with E-state index in [4.69, 9.17) is 4.74 Å². The van der Waals surface area contributed by atoms with Gasteiger partial charge in [-0.15, -0.1) is 0 Å². The minimum absolute atomic E-state index is 0.610. The minimum Gasteiger partial charge on any atom is -0.475 e. The third-order valence-corrected chi connectivity index (χ3v) is 4.06. The van der Waals surface area contributed by atoms with Crippen LogP contribution in [0.25, 0.3) is 5.65 Å². The lowest BCUT2D eigenvalue weighted by molar-refractivity contribution is 0.229. The van der Waals surface area contributed by atoms with Crippen molar-refractivity contribution in [3.8, 4) is 5.88 Å². The van der Waals surface area contributed by atoms with Crippen LogP contribution in [0.3, 0.4) is 0 Å². The van der Waals surface area contributed by atoms with Crippen LogP contribution in [-0.4, -0.2) is 52.1 Å². The first-order valence-electron chi connectivity index (χ1n) is 7.68. The molecule has 2 aromatic rings. The number of rotatable bonds is 6. The van der Waals surface area contributed by atoms with Crippen LogP contribution < -0.4 is 10.1 Å². The van der Waals surface area contributed by atoms with Crippen molar-refractivity contribution in [2.75, 3.05) is 32.1 Å². The van der Waals surface area contributed by atoms with E-state index in [-0.39, 0.29) is 0 Å². The first-order chi connectivity index (χ1) is 10.3. The van der Waals surface area contributed by atoms with Gasteiger partial charge in [-0.05, 0) is 39.8 Å². The van der Waals surface area contributed by atoms with Gasteiger partial charge in [-0.2, -0.15) is 4.98 Å². The number of nitrogens with zero attached hydrogens (tertiary/aromatic N) is 4. The normalized spacial score (nSPS) is 19.2. The van der Waals surface area contributed by atoms with Gasteiger partial charge < -0.3 is 15.0 Å². The lowest BCUT2D eigenvalue weighted by atomic mass is 10.1. The van der Waals surface area contributed by atoms with Crippen molar-refractivity contribution in [3.63, 3.8) is 0 Å². The largest absolute Gasteiger partial charge is 0.475 e. The molecule has 0 bridgehead atoms. The van der Waals surface area contributed by atoms with Crippen molar-refractivity contribution in [3.05, 3.63) is 18.6 Å². The predicted octanol–water partition coefficient (Wildman–Crippen LogP) is 2.02. The molecule has 0 saturated carbocycles. The van der Waals surface area contributed by atoms with E-state index in [1.807, 2.05) is 16.8 Å². The highest BCUT2D eigenvalue weighted by Crippen LogP contribution is 2.21. The average Bonchev–Trinajstić information content (AvgIpc) is 3.08. The van der Waals surface area contributed by atoms with Gasteiger partial charge in [0.15, 0.2) is 0 Å². The van der Waals surface area contributed by atoms with E-state index in [1.165, 1.54) is 19.4 Å². The molecule has 6 heteroatoms. The predicted molar refractivity (Wildman–Crippen MR) is 82.9 cm³/mol. The Kier molecular flexibility index (Phi) is 4.24. The molecule has 1 N–H and O–H groups in total. The van der Waals surface area contributed by atoms with Gasteiger partial charge in [-0.3, -0.25) is 4.40 Å². The number of likely N-dealkylation sites (tertiary alicyclic amines) is 1. The van der Waals surface area contributed by atoms with Crippen LogP contribution in [0, 0.1) is 0 Å². The summed E-state index contributed by atoms with van der Waals surface area (Å²) >= 11 is 0. The first-order valence-corrected chi connectivity index (χ1v) is 7.68. The summed E-state index contributed by atoms with van der Waals surface area (Å²) in [6, 6.07) is 0.637. The summed E-state index contributed by atoms with van der Waals surface area (Å²) in [5.41, 5.74) is 0.774. The summed E-state index contributed by atoms with van der Waals surface area (Å²) < 4.78 is 7.86. The number of hydrogen-bond acceptors (Lipinski definition) is 5. The highest BCUT2D eigenvalue weighted by Gasteiger charge is 2.20. The second-order valence-corrected chi connectivity index (χ2v) is 5.53. The van der Waals surface area contributed by atoms with Gasteiger partial charge in [0.2, 0.25) is 5.65 Å². The number of anilines is 1. The Hall–Kier alpha value is -1.82. The summed E-state index contributed by atoms with van der Waals surface area (Å²) in [5.74, 6) is 1.43. The Morgan fingerprint density at radius 2 is 2.38 bits per heavy atom. The maximum absolute atomic E-state index is 5.91. The minimum atomic E-state index is 0.610. The summed E-state index contributed by atoms with van der Waals surface area (Å²) in [5, 5.41) is 3.22. The Labute approximate surface area is 125 Å². The van der Waals surface area contributed by atoms with Crippen LogP contribution in [0.5, 0.6) is 5.88 Å². The fraction of sp³-hybridized carbons (Fsp3) is 0.600. The topological polar surface area (TPSA) is 54.7 Å². The van der Waals surface area contributed by atoms with Crippen molar-refractivity contribution in [1.29, 1.82) is 0 Å². The SMILES string of the molecule is CCNc1cn2ccnc2c(OCCC2CCCN2C)n1. The van der Waals surface area contributed by atoms with Gasteiger partial charge in [0, 0.05) is 25.0 Å². The van der Waals surface area contributed by atoms with Crippen LogP contribution in [0.2, 0.25) is 0 Å². The smallest absolute Gasteiger partial charge is 0.260 e. The number of imidazole rings is 1. The van der Waals surface area contributed by atoms with Crippen molar-refractivity contribution < 1.29 is 4.74 Å². The zero-order chi connectivity index (χ0) is 14.7. The molecule has 3 heterocycles. The Morgan fingerprint density at radius 1 is 1.48 bits per heavy atom. The number of hydrogen-bond donors (Lipinski definition) is 1. The molecule has 0 radical (unpaired) electrons. The molecule has 6 nitrogen and oxygen atoms in total. The highest BCUT2D eigenvalue weighted by atomic mass is 16.5. The molecule has 1 saturated heterocycles. The van der Waals surface area contributed by atoms with Gasteiger partial charge >= 0.3 is 0 Å². The summed E-state index contributed by atoms with van der Waals surface area (Å²) in [4.78, 5) is 11.3. The lowest BCUT2D eigenvalue weighted by Gasteiger charge is -2.19. The molecule has 0 aromatic carbocycles. The fourth-order valence-electron chi connectivity index (χ4n) is 2.90. The second-order valence-electron chi connectivity index (χ2n) is 5.53. The molecule has 2 aromatic heterocycles. The number of aromatic nitrogens is 3. The molecule has 0 spiro atoms. The van der Waals surface area contributed by atoms with Crippen molar-refractivity contribution in [2.45, 2.75) is 32.2 Å². The van der Waals surface area contributed by atoms with E-state index < -0.39 is 0 Å². The average molecular weight is 289 g/mol. The monoisotopic (exact) mass is 289 g/mol. The van der Waals surface area contributed by atoms with E-state index >= 15 is 0 Å². The molecule has 1 unspecified atom stereocenters. The van der Waals surface area contributed by atoms with Crippen LogP contribution in [-0.2, 0) is 0 Å². The van der Waals surface area contributed by atoms with Crippen LogP contribution in [0.1, 0.15) is 26.2 Å². The molecule has 1 aliphatic heterocycles. The van der Waals surface area contributed by atoms with E-state index in [0.29, 0.717) is 18.5 Å². The number of ether oxygens (including phenoxy) is 1. The molecular weight excluding hydrogens is 266 g/mol. The lowest BCUT2D eigenvalue weighted by Crippen LogP contribution is -2.26. The van der Waals surface area contributed by atoms with Crippen molar-refractivity contribution in [1.82, 2.24) is 19.3 Å². The molecule has 114 valence electrons. The van der Waals surface area contributed by atoms with E-state index in [9.17, 15) is 0 Å². The zero-order valence-corrected chi connectivity index (χ0v) is 12.7. The molecule has 1 fully saturated rings. The van der Waals surface area contributed by atoms with Gasteiger partial charge in [0.1, 0.15) is 5.82 Å². The molecule has 1 aliphatic rings. The molecule has 0 aliphatic carbocycles. The second kappa shape index (κ2) is 6.30. The Morgan fingerprint density at radius 3 is 3.14 bits per heavy atom. The molecule has 1 atom stereocenters. The molecular formula is C15H23N5O. The fourth-order valence-corrected chi connectivity index (χ4v) is 2.90. The first kappa shape index (κ1) is 14.1. The molecule has 0 amide bonds. The maximum atomic E-state index is 5.91. The number of nitrogens with one attached hydrogen (secondary N) is 1. The molecule has 3 rings (SSSR count). The van der Waals surface area contributed by atoms with E-state index in [2.05, 4.69) is 34.2 Å². The van der Waals surface area contributed by atoms with Gasteiger partial charge in [0.25, 0.3) is 5.88 Å². The quantitative estimate of drug-likeness (QED) is 0.882. The van der Waals surface area contributed by atoms with Crippen molar-refractivity contribution in [2.24, 2.45) is 0 Å². The third-order valence-electron chi connectivity index (χ3n) is 4.06. The summed E-state index contributed by atoms with van der Waals surface area (Å²) in [7, 11) is 2.19. The third kappa shape index (κ3) is 3.10. The summed E-state index contributed by atoms with van der Waals surface area (Å²) in [6.07, 6.45) is 9.21. The molecule has 21 heavy (non-hydrogen) atoms. The highest BCUT2D eigenvalue weighted by molar-refractivity contribution is 5.53. The van der Waals surface area contributed by atoms with E-state index in [0.717, 1.165) is 24.4 Å². The standard InChI is InChI=1S/C15H23N5O/c1-3-16-13-11-20-9-7-17-14(20)15(18-13)21-10-6-12-5-4-8-19(12)2/h7,9,11-12,16H,3-6,8,10H2,1-2H3. The number of fused-ring (bicyclic) bond motifs is 1. The van der Waals surface area contributed by atoms with Crippen LogP contribution in [0.15, 0.2) is 18.6 Å². The van der Waals surface area contributed by atoms with Crippen LogP contribution >= 0.6 is 0 Å². The Bertz CT molecular complexity index is 597. The van der Waals surface area contributed by atoms with E-state index in [1.54, 1.807) is 6.20 Å². The van der Waals surface area contributed by atoms with Gasteiger partial charge in [0.05, 0.1) is 12.8 Å². The van der Waals surface area contributed by atoms with Crippen LogP contribution in [0.4, 0.5) is 5.82 Å². The van der Waals surface area contributed by atoms with Gasteiger partial charge in [-0.25, -0.2) is 4.98 Å². The maximum Gasteiger partial charge on any atom is 0.260 e. The Balaban J connectivity index is 1.68.